The number of ether oxygens (including phenoxy) is 1. The van der Waals surface area contributed by atoms with Gasteiger partial charge in [-0.25, -0.2) is 0 Å². The van der Waals surface area contributed by atoms with Crippen LogP contribution >= 0.6 is 0 Å². The van der Waals surface area contributed by atoms with Crippen molar-refractivity contribution in [3.8, 4) is 0 Å². The van der Waals surface area contributed by atoms with Gasteiger partial charge in [0.05, 0.1) is 19.6 Å². The van der Waals surface area contributed by atoms with Gasteiger partial charge < -0.3 is 20.8 Å². The van der Waals surface area contributed by atoms with Crippen LogP contribution in [0.25, 0.3) is 10.9 Å². The van der Waals surface area contributed by atoms with Crippen LogP contribution in [0.5, 0.6) is 0 Å². The standard InChI is InChI=1S/C15H19N3O3/c1-21-14(19)6-7-17-15(20)12(16)8-10-9-18-13-5-3-2-4-11(10)13/h2-5,9,12,18H,6-8,16H2,1H3,(H,17,20). The van der Waals surface area contributed by atoms with E-state index in [2.05, 4.69) is 15.0 Å². The number of fused-ring (bicyclic) bond motifs is 1. The quantitative estimate of drug-likeness (QED) is 0.682. The number of H-pyrrole nitrogens is 1. The summed E-state index contributed by atoms with van der Waals surface area (Å²) in [7, 11) is 1.31. The highest BCUT2D eigenvalue weighted by Crippen LogP contribution is 2.18. The molecule has 0 aliphatic carbocycles. The summed E-state index contributed by atoms with van der Waals surface area (Å²) >= 11 is 0. The van der Waals surface area contributed by atoms with Crippen molar-refractivity contribution >= 4 is 22.8 Å². The molecule has 1 atom stereocenters. The van der Waals surface area contributed by atoms with Crippen LogP contribution in [0, 0.1) is 0 Å². The molecule has 1 aromatic heterocycles. The molecule has 0 fully saturated rings. The van der Waals surface area contributed by atoms with E-state index in [-0.39, 0.29) is 24.8 Å². The first kappa shape index (κ1) is 15.1. The lowest BCUT2D eigenvalue weighted by molar-refractivity contribution is -0.140. The van der Waals surface area contributed by atoms with Crippen molar-refractivity contribution in [2.45, 2.75) is 18.9 Å². The van der Waals surface area contributed by atoms with Crippen molar-refractivity contribution in [1.82, 2.24) is 10.3 Å². The molecule has 0 saturated heterocycles. The van der Waals surface area contributed by atoms with Crippen LogP contribution in [0.2, 0.25) is 0 Å². The first-order valence-electron chi connectivity index (χ1n) is 6.77. The van der Waals surface area contributed by atoms with Crippen LogP contribution in [-0.4, -0.2) is 36.6 Å². The number of aromatic amines is 1. The number of para-hydroxylation sites is 1. The third-order valence-corrected chi connectivity index (χ3v) is 3.31. The zero-order valence-corrected chi connectivity index (χ0v) is 11.9. The van der Waals surface area contributed by atoms with Gasteiger partial charge in [-0.3, -0.25) is 9.59 Å². The molecule has 1 amide bonds. The molecule has 0 aliphatic heterocycles. The van der Waals surface area contributed by atoms with Crippen molar-refractivity contribution in [3.63, 3.8) is 0 Å². The Kier molecular flexibility index (Phi) is 4.94. The number of nitrogens with one attached hydrogen (secondary N) is 2. The molecule has 2 aromatic rings. The molecule has 0 bridgehead atoms. The molecular formula is C15H19N3O3. The Morgan fingerprint density at radius 1 is 1.38 bits per heavy atom. The smallest absolute Gasteiger partial charge is 0.307 e. The molecule has 1 aromatic carbocycles. The highest BCUT2D eigenvalue weighted by atomic mass is 16.5. The van der Waals surface area contributed by atoms with Crippen LogP contribution in [0.15, 0.2) is 30.5 Å². The van der Waals surface area contributed by atoms with Crippen LogP contribution in [-0.2, 0) is 20.7 Å². The lowest BCUT2D eigenvalue weighted by atomic mass is 10.1. The van der Waals surface area contributed by atoms with E-state index in [9.17, 15) is 9.59 Å². The second kappa shape index (κ2) is 6.90. The molecule has 0 radical (unpaired) electrons. The summed E-state index contributed by atoms with van der Waals surface area (Å²) in [5, 5.41) is 3.70. The van der Waals surface area contributed by atoms with Crippen molar-refractivity contribution in [2.24, 2.45) is 5.73 Å². The molecule has 0 aliphatic rings. The van der Waals surface area contributed by atoms with Crippen LogP contribution in [0.3, 0.4) is 0 Å². The van der Waals surface area contributed by atoms with E-state index in [0.29, 0.717) is 6.42 Å². The molecular weight excluding hydrogens is 270 g/mol. The number of hydrogen-bond donors (Lipinski definition) is 3. The van der Waals surface area contributed by atoms with E-state index in [1.807, 2.05) is 30.5 Å². The predicted molar refractivity (Wildman–Crippen MR) is 79.6 cm³/mol. The topological polar surface area (TPSA) is 97.2 Å². The van der Waals surface area contributed by atoms with E-state index < -0.39 is 6.04 Å². The molecule has 6 nitrogen and oxygen atoms in total. The number of carbonyl (C=O) groups is 2. The fraction of sp³-hybridized carbons (Fsp3) is 0.333. The largest absolute Gasteiger partial charge is 0.469 e. The summed E-state index contributed by atoms with van der Waals surface area (Å²) in [6, 6.07) is 7.20. The van der Waals surface area contributed by atoms with Gasteiger partial charge >= 0.3 is 5.97 Å². The Labute approximate surface area is 122 Å². The van der Waals surface area contributed by atoms with Crippen molar-refractivity contribution in [3.05, 3.63) is 36.0 Å². The zero-order chi connectivity index (χ0) is 15.2. The molecule has 112 valence electrons. The molecule has 0 spiro atoms. The number of amides is 1. The van der Waals surface area contributed by atoms with Gasteiger partial charge in [0.2, 0.25) is 5.91 Å². The van der Waals surface area contributed by atoms with Gasteiger partial charge in [-0.2, -0.15) is 0 Å². The highest BCUT2D eigenvalue weighted by Gasteiger charge is 2.16. The number of methoxy groups -OCH3 is 1. The molecule has 0 saturated carbocycles. The van der Waals surface area contributed by atoms with E-state index in [1.54, 1.807) is 0 Å². The van der Waals surface area contributed by atoms with Gasteiger partial charge in [0.25, 0.3) is 0 Å². The number of esters is 1. The minimum atomic E-state index is -0.651. The molecule has 1 unspecified atom stereocenters. The van der Waals surface area contributed by atoms with E-state index >= 15 is 0 Å². The summed E-state index contributed by atoms with van der Waals surface area (Å²) in [5.74, 6) is -0.635. The Bertz CT molecular complexity index is 636. The SMILES string of the molecule is COC(=O)CCNC(=O)C(N)Cc1c[nH]c2ccccc12. The first-order chi connectivity index (χ1) is 10.1. The van der Waals surface area contributed by atoms with E-state index in [4.69, 9.17) is 5.73 Å². The van der Waals surface area contributed by atoms with Crippen molar-refractivity contribution < 1.29 is 14.3 Å². The van der Waals surface area contributed by atoms with Crippen LogP contribution in [0.1, 0.15) is 12.0 Å². The molecule has 6 heteroatoms. The van der Waals surface area contributed by atoms with E-state index in [1.165, 1.54) is 7.11 Å². The number of carbonyl (C=O) groups excluding carboxylic acids is 2. The van der Waals surface area contributed by atoms with Gasteiger partial charge in [0, 0.05) is 23.6 Å². The number of hydrogen-bond acceptors (Lipinski definition) is 4. The molecule has 21 heavy (non-hydrogen) atoms. The average Bonchev–Trinajstić information content (AvgIpc) is 2.90. The highest BCUT2D eigenvalue weighted by molar-refractivity contribution is 5.86. The number of rotatable bonds is 6. The minimum Gasteiger partial charge on any atom is -0.469 e. The van der Waals surface area contributed by atoms with Gasteiger partial charge in [0.15, 0.2) is 0 Å². The molecule has 2 rings (SSSR count). The summed E-state index contributed by atoms with van der Waals surface area (Å²) in [6.07, 6.45) is 2.45. The number of aromatic nitrogens is 1. The van der Waals surface area contributed by atoms with Gasteiger partial charge in [-0.15, -0.1) is 0 Å². The summed E-state index contributed by atoms with van der Waals surface area (Å²) in [6.45, 7) is 0.229. The maximum atomic E-state index is 11.9. The first-order valence-corrected chi connectivity index (χ1v) is 6.77. The lowest BCUT2D eigenvalue weighted by Gasteiger charge is -2.11. The third-order valence-electron chi connectivity index (χ3n) is 3.31. The number of benzene rings is 1. The maximum absolute atomic E-state index is 11.9. The summed E-state index contributed by atoms with van der Waals surface area (Å²) in [4.78, 5) is 26.0. The van der Waals surface area contributed by atoms with Crippen LogP contribution < -0.4 is 11.1 Å². The average molecular weight is 289 g/mol. The third kappa shape index (κ3) is 3.82. The second-order valence-corrected chi connectivity index (χ2v) is 4.79. The van der Waals surface area contributed by atoms with Crippen molar-refractivity contribution in [2.75, 3.05) is 13.7 Å². The second-order valence-electron chi connectivity index (χ2n) is 4.79. The molecule has 1 heterocycles. The Hall–Kier alpha value is -2.34. The van der Waals surface area contributed by atoms with Gasteiger partial charge in [-0.05, 0) is 18.1 Å². The predicted octanol–water partition coefficient (Wildman–Crippen LogP) is 0.717. The fourth-order valence-corrected chi connectivity index (χ4v) is 2.15. The Morgan fingerprint density at radius 3 is 2.90 bits per heavy atom. The van der Waals surface area contributed by atoms with Crippen LogP contribution in [0.4, 0.5) is 0 Å². The fourth-order valence-electron chi connectivity index (χ4n) is 2.15. The normalized spacial score (nSPS) is 12.1. The lowest BCUT2D eigenvalue weighted by Crippen LogP contribution is -2.42. The van der Waals surface area contributed by atoms with Gasteiger partial charge in [0.1, 0.15) is 0 Å². The van der Waals surface area contributed by atoms with Gasteiger partial charge in [-0.1, -0.05) is 18.2 Å². The molecule has 4 N–H and O–H groups in total. The Balaban J connectivity index is 1.90. The monoisotopic (exact) mass is 289 g/mol. The summed E-state index contributed by atoms with van der Waals surface area (Å²) in [5.41, 5.74) is 7.93. The maximum Gasteiger partial charge on any atom is 0.307 e. The van der Waals surface area contributed by atoms with E-state index in [0.717, 1.165) is 16.5 Å². The zero-order valence-electron chi connectivity index (χ0n) is 11.9. The number of nitrogens with two attached hydrogens (primary N) is 1. The van der Waals surface area contributed by atoms with Crippen molar-refractivity contribution in [1.29, 1.82) is 0 Å². The Morgan fingerprint density at radius 2 is 2.14 bits per heavy atom. The minimum absolute atomic E-state index is 0.141. The summed E-state index contributed by atoms with van der Waals surface area (Å²) < 4.78 is 4.50.